The lowest BCUT2D eigenvalue weighted by Gasteiger charge is -2.36. The zero-order valence-electron chi connectivity index (χ0n) is 16.6. The zero-order chi connectivity index (χ0) is 20.3. The number of benzene rings is 1. The Labute approximate surface area is 163 Å². The third kappa shape index (κ3) is 3.58. The molecule has 8 heteroatoms. The van der Waals surface area contributed by atoms with Gasteiger partial charge in [-0.3, -0.25) is 9.59 Å². The lowest BCUT2D eigenvalue weighted by molar-refractivity contribution is -0.229. The molecule has 8 nitrogen and oxygen atoms in total. The van der Waals surface area contributed by atoms with E-state index < -0.39 is 42.3 Å². The van der Waals surface area contributed by atoms with Crippen LogP contribution in [0.15, 0.2) is 24.3 Å². The molecule has 0 aromatic heterocycles. The normalized spacial score (nSPS) is 35.1. The van der Waals surface area contributed by atoms with E-state index in [9.17, 15) is 9.59 Å². The summed E-state index contributed by atoms with van der Waals surface area (Å²) < 4.78 is 29.6. The van der Waals surface area contributed by atoms with E-state index in [-0.39, 0.29) is 11.7 Å². The summed E-state index contributed by atoms with van der Waals surface area (Å²) in [4.78, 5) is 24.4. The van der Waals surface area contributed by atoms with Gasteiger partial charge in [-0.2, -0.15) is 0 Å². The quantitative estimate of drug-likeness (QED) is 0.790. The lowest BCUT2D eigenvalue weighted by atomic mass is 9.98. The monoisotopic (exact) mass is 391 g/mol. The van der Waals surface area contributed by atoms with E-state index in [0.29, 0.717) is 11.3 Å². The van der Waals surface area contributed by atoms with E-state index in [1.807, 2.05) is 0 Å². The number of Topliss-reactive ketones (excluding diaryl/α,β-unsaturated/α-hetero) is 1. The topological polar surface area (TPSA) is 92.3 Å². The fourth-order valence-corrected chi connectivity index (χ4v) is 3.82. The summed E-state index contributed by atoms with van der Waals surface area (Å²) in [5, 5.41) is 2.81. The molecule has 3 fully saturated rings. The molecule has 0 saturated carbocycles. The minimum absolute atomic E-state index is 0.0397. The Morgan fingerprint density at radius 1 is 0.857 bits per heavy atom. The molecule has 28 heavy (non-hydrogen) atoms. The number of ketones is 1. The van der Waals surface area contributed by atoms with Crippen molar-refractivity contribution in [3.05, 3.63) is 29.8 Å². The van der Waals surface area contributed by atoms with Crippen LogP contribution in [0.3, 0.4) is 0 Å². The number of fused-ring (bicyclic) bond motifs is 3. The van der Waals surface area contributed by atoms with Crippen molar-refractivity contribution in [3.8, 4) is 0 Å². The second-order valence-corrected chi connectivity index (χ2v) is 8.21. The van der Waals surface area contributed by atoms with Gasteiger partial charge in [-0.1, -0.05) is 0 Å². The summed E-state index contributed by atoms with van der Waals surface area (Å²) in [6, 6.07) is 6.67. The largest absolute Gasteiger partial charge is 0.342 e. The van der Waals surface area contributed by atoms with E-state index in [1.54, 1.807) is 52.0 Å². The molecule has 152 valence electrons. The summed E-state index contributed by atoms with van der Waals surface area (Å²) in [6.45, 7) is 8.64. The first kappa shape index (κ1) is 19.5. The number of ether oxygens (including phenoxy) is 5. The van der Waals surface area contributed by atoms with Crippen LogP contribution in [-0.2, 0) is 28.5 Å². The van der Waals surface area contributed by atoms with Crippen LogP contribution in [0.2, 0.25) is 0 Å². The standard InChI is InChI=1S/C20H25NO7/c1-10(22)11-6-8-12(9-7-11)21-17(23)15-13-14(26-19(2,3)25-13)16-18(24-15)28-20(4,5)27-16/h6-9,13-16,18H,1-5H3,(H,21,23)/t13-,14+,15-,16-,18-/m1/s1. The van der Waals surface area contributed by atoms with Crippen molar-refractivity contribution < 1.29 is 33.3 Å². The Hall–Kier alpha value is -1.84. The molecule has 1 amide bonds. The zero-order valence-corrected chi connectivity index (χ0v) is 16.6. The first-order valence-electron chi connectivity index (χ1n) is 9.33. The Balaban J connectivity index is 1.54. The van der Waals surface area contributed by atoms with Gasteiger partial charge in [0.15, 0.2) is 29.8 Å². The lowest BCUT2D eigenvalue weighted by Crippen LogP contribution is -2.58. The predicted molar refractivity (Wildman–Crippen MR) is 97.6 cm³/mol. The number of hydrogen-bond acceptors (Lipinski definition) is 7. The van der Waals surface area contributed by atoms with E-state index in [2.05, 4.69) is 5.32 Å². The fraction of sp³-hybridized carbons (Fsp3) is 0.600. The first-order chi connectivity index (χ1) is 13.0. The first-order valence-corrected chi connectivity index (χ1v) is 9.33. The molecule has 1 aromatic carbocycles. The maximum atomic E-state index is 13.0. The fourth-order valence-electron chi connectivity index (χ4n) is 3.82. The van der Waals surface area contributed by atoms with Gasteiger partial charge in [-0.15, -0.1) is 0 Å². The van der Waals surface area contributed by atoms with E-state index >= 15 is 0 Å². The summed E-state index contributed by atoms with van der Waals surface area (Å²) >= 11 is 0. The van der Waals surface area contributed by atoms with Crippen LogP contribution < -0.4 is 5.32 Å². The average molecular weight is 391 g/mol. The van der Waals surface area contributed by atoms with Crippen molar-refractivity contribution in [3.63, 3.8) is 0 Å². The van der Waals surface area contributed by atoms with Gasteiger partial charge in [0.05, 0.1) is 0 Å². The molecule has 0 unspecified atom stereocenters. The van der Waals surface area contributed by atoms with Gasteiger partial charge in [0, 0.05) is 11.3 Å². The molecule has 5 atom stereocenters. The smallest absolute Gasteiger partial charge is 0.256 e. The molecule has 0 bridgehead atoms. The molecule has 3 aliphatic heterocycles. The highest BCUT2D eigenvalue weighted by atomic mass is 16.9. The Bertz CT molecular complexity index is 788. The van der Waals surface area contributed by atoms with Gasteiger partial charge in [0.2, 0.25) is 0 Å². The summed E-state index contributed by atoms with van der Waals surface area (Å²) in [6.07, 6.45) is -3.28. The van der Waals surface area contributed by atoms with E-state index in [0.717, 1.165) is 0 Å². The molecule has 4 rings (SSSR count). The van der Waals surface area contributed by atoms with Crippen LogP contribution in [0.4, 0.5) is 5.69 Å². The molecule has 0 aliphatic carbocycles. The Morgan fingerprint density at radius 2 is 1.43 bits per heavy atom. The van der Waals surface area contributed by atoms with Gasteiger partial charge in [0.25, 0.3) is 5.91 Å². The van der Waals surface area contributed by atoms with Crippen LogP contribution >= 0.6 is 0 Å². The van der Waals surface area contributed by atoms with Crippen molar-refractivity contribution in [2.75, 3.05) is 5.32 Å². The van der Waals surface area contributed by atoms with Gasteiger partial charge in [-0.25, -0.2) is 0 Å². The Morgan fingerprint density at radius 3 is 2.07 bits per heavy atom. The molecule has 0 radical (unpaired) electrons. The Kier molecular flexibility index (Phi) is 4.59. The maximum absolute atomic E-state index is 13.0. The maximum Gasteiger partial charge on any atom is 0.256 e. The third-order valence-electron chi connectivity index (χ3n) is 4.97. The summed E-state index contributed by atoms with van der Waals surface area (Å²) in [5.41, 5.74) is 1.13. The molecule has 0 spiro atoms. The van der Waals surface area contributed by atoms with Crippen molar-refractivity contribution >= 4 is 17.4 Å². The number of carbonyl (C=O) groups excluding carboxylic acids is 2. The molecular weight excluding hydrogens is 366 g/mol. The van der Waals surface area contributed by atoms with Crippen LogP contribution in [0.25, 0.3) is 0 Å². The van der Waals surface area contributed by atoms with Gasteiger partial charge < -0.3 is 29.0 Å². The highest BCUT2D eigenvalue weighted by Gasteiger charge is 2.62. The summed E-state index contributed by atoms with van der Waals surface area (Å²) in [5.74, 6) is -2.13. The SMILES string of the molecule is CC(=O)c1ccc(NC(=O)[C@@H]2O[C@@H]3OC(C)(C)O[C@@H]3[C@H]3OC(C)(C)O[C@H]32)cc1. The second kappa shape index (κ2) is 6.60. The second-order valence-electron chi connectivity index (χ2n) is 8.21. The van der Waals surface area contributed by atoms with Crippen LogP contribution in [0.5, 0.6) is 0 Å². The van der Waals surface area contributed by atoms with Crippen molar-refractivity contribution in [2.45, 2.75) is 76.9 Å². The van der Waals surface area contributed by atoms with Gasteiger partial charge in [0.1, 0.15) is 18.3 Å². The van der Waals surface area contributed by atoms with E-state index in [1.165, 1.54) is 6.92 Å². The number of amides is 1. The molecule has 3 saturated heterocycles. The number of hydrogen-bond donors (Lipinski definition) is 1. The molecule has 1 aromatic rings. The number of nitrogens with one attached hydrogen (secondary N) is 1. The van der Waals surface area contributed by atoms with E-state index in [4.69, 9.17) is 23.7 Å². The molecule has 1 N–H and O–H groups in total. The number of carbonyl (C=O) groups is 2. The average Bonchev–Trinajstić information content (AvgIpc) is 3.08. The van der Waals surface area contributed by atoms with Crippen LogP contribution in [0, 0.1) is 0 Å². The van der Waals surface area contributed by atoms with Crippen molar-refractivity contribution in [2.24, 2.45) is 0 Å². The van der Waals surface area contributed by atoms with Crippen LogP contribution in [-0.4, -0.2) is 54.0 Å². The number of rotatable bonds is 3. The van der Waals surface area contributed by atoms with Gasteiger partial charge in [-0.05, 0) is 58.9 Å². The van der Waals surface area contributed by atoms with Gasteiger partial charge >= 0.3 is 0 Å². The third-order valence-corrected chi connectivity index (χ3v) is 4.97. The highest BCUT2D eigenvalue weighted by molar-refractivity contribution is 5.97. The molecule has 3 heterocycles. The number of anilines is 1. The van der Waals surface area contributed by atoms with Crippen molar-refractivity contribution in [1.82, 2.24) is 0 Å². The molecule has 3 aliphatic rings. The minimum atomic E-state index is -0.932. The highest BCUT2D eigenvalue weighted by Crippen LogP contribution is 2.44. The predicted octanol–water partition coefficient (Wildman–Crippen LogP) is 2.22. The minimum Gasteiger partial charge on any atom is -0.342 e. The molecular formula is C20H25NO7. The van der Waals surface area contributed by atoms with Crippen LogP contribution in [0.1, 0.15) is 45.0 Å². The summed E-state index contributed by atoms with van der Waals surface area (Å²) in [7, 11) is 0. The van der Waals surface area contributed by atoms with Crippen molar-refractivity contribution in [1.29, 1.82) is 0 Å².